The molecule has 0 rings (SSSR count). The molecule has 0 bridgehead atoms. The number of nitrogens with zero attached hydrogens (tertiary/aromatic N) is 1. The molecule has 0 aliphatic heterocycles. The lowest BCUT2D eigenvalue weighted by molar-refractivity contribution is -0.970. The van der Waals surface area contributed by atoms with Crippen molar-refractivity contribution in [3.8, 4) is 0 Å². The topological polar surface area (TPSA) is 115 Å². The molecule has 0 aromatic carbocycles. The zero-order valence-corrected chi connectivity index (χ0v) is 26.9. The molecule has 240 valence electrons. The minimum absolute atomic E-state index is 0.0607. The molecule has 0 aliphatic carbocycles. The average Bonchev–Trinajstić information content (AvgIpc) is 2.93. The van der Waals surface area contributed by atoms with E-state index in [1.807, 2.05) is 32.9 Å². The first-order valence-corrected chi connectivity index (χ1v) is 16.9. The van der Waals surface area contributed by atoms with Crippen LogP contribution in [0.3, 0.4) is 0 Å². The molecule has 7 nitrogen and oxygen atoms in total. The van der Waals surface area contributed by atoms with Gasteiger partial charge in [-0.1, -0.05) is 124 Å². The standard InChI is InChI=1S/C34H63NO6/c1-5-9-10-11-12-13-14-15-16-17-18-19-20-21-22-23-24-28-35(29(25-6-2)32(36)37,30(26-7-3)33(38)39)31(27-8-4)34(40)41/h23-24,29-31H,5-22,25-28H2,1-4H3,(H2-,36,37,38,39,40,41)/b24-23+. The third-order valence-electron chi connectivity index (χ3n) is 8.58. The highest BCUT2D eigenvalue weighted by molar-refractivity contribution is 5.77. The number of unbranched alkanes of at least 4 members (excludes halogenated alkanes) is 14. The van der Waals surface area contributed by atoms with Crippen molar-refractivity contribution in [2.45, 2.75) is 181 Å². The summed E-state index contributed by atoms with van der Waals surface area (Å²) in [7, 11) is 0. The predicted octanol–water partition coefficient (Wildman–Crippen LogP) is 7.66. The molecule has 0 heterocycles. The molecule has 0 saturated heterocycles. The highest BCUT2D eigenvalue weighted by Gasteiger charge is 2.54. The lowest BCUT2D eigenvalue weighted by atomic mass is 9.92. The van der Waals surface area contributed by atoms with Gasteiger partial charge in [-0.2, -0.15) is 0 Å². The molecule has 0 aliphatic rings. The van der Waals surface area contributed by atoms with E-state index < -0.39 is 40.5 Å². The molecule has 0 spiro atoms. The first-order chi connectivity index (χ1) is 19.7. The predicted molar refractivity (Wildman–Crippen MR) is 166 cm³/mol. The van der Waals surface area contributed by atoms with Crippen LogP contribution in [0.4, 0.5) is 0 Å². The second-order valence-corrected chi connectivity index (χ2v) is 11.9. The molecule has 0 aromatic rings. The van der Waals surface area contributed by atoms with Crippen molar-refractivity contribution in [3.05, 3.63) is 12.2 Å². The van der Waals surface area contributed by atoms with E-state index in [9.17, 15) is 29.7 Å². The van der Waals surface area contributed by atoms with Crippen LogP contribution in [0.15, 0.2) is 12.2 Å². The van der Waals surface area contributed by atoms with Crippen molar-refractivity contribution in [3.63, 3.8) is 0 Å². The molecule has 7 heteroatoms. The Labute approximate surface area is 251 Å². The van der Waals surface area contributed by atoms with Gasteiger partial charge in [0.2, 0.25) is 0 Å². The lowest BCUT2D eigenvalue weighted by Crippen LogP contribution is -2.73. The largest absolute Gasteiger partial charge is 0.544 e. The van der Waals surface area contributed by atoms with Crippen LogP contribution in [0.1, 0.15) is 163 Å². The minimum atomic E-state index is -1.36. The number of carbonyl (C=O) groups is 3. The average molecular weight is 582 g/mol. The van der Waals surface area contributed by atoms with Gasteiger partial charge in [0.25, 0.3) is 0 Å². The zero-order valence-electron chi connectivity index (χ0n) is 26.9. The Morgan fingerprint density at radius 1 is 0.561 bits per heavy atom. The van der Waals surface area contributed by atoms with Gasteiger partial charge in [-0.05, 0) is 31.8 Å². The number of rotatable bonds is 29. The van der Waals surface area contributed by atoms with E-state index in [4.69, 9.17) is 0 Å². The Hall–Kier alpha value is -1.89. The van der Waals surface area contributed by atoms with Crippen molar-refractivity contribution in [2.24, 2.45) is 0 Å². The fraction of sp³-hybridized carbons (Fsp3) is 0.853. The van der Waals surface area contributed by atoms with Gasteiger partial charge in [0.05, 0.1) is 12.5 Å². The summed E-state index contributed by atoms with van der Waals surface area (Å²) >= 11 is 0. The van der Waals surface area contributed by atoms with Crippen LogP contribution in [0.2, 0.25) is 0 Å². The Kier molecular flexibility index (Phi) is 23.5. The second kappa shape index (κ2) is 24.7. The molecule has 0 amide bonds. The van der Waals surface area contributed by atoms with Gasteiger partial charge >= 0.3 is 11.9 Å². The van der Waals surface area contributed by atoms with Crippen LogP contribution in [-0.4, -0.2) is 57.3 Å². The van der Waals surface area contributed by atoms with Crippen LogP contribution in [0.5, 0.6) is 0 Å². The van der Waals surface area contributed by atoms with E-state index in [1.54, 1.807) is 0 Å². The second-order valence-electron chi connectivity index (χ2n) is 11.9. The molecular weight excluding hydrogens is 518 g/mol. The summed E-state index contributed by atoms with van der Waals surface area (Å²) in [4.78, 5) is 37.5. The smallest absolute Gasteiger partial charge is 0.362 e. The zero-order chi connectivity index (χ0) is 30.9. The number of hydrogen-bond donors (Lipinski definition) is 2. The molecule has 0 aromatic heterocycles. The van der Waals surface area contributed by atoms with E-state index in [2.05, 4.69) is 6.92 Å². The Morgan fingerprint density at radius 3 is 1.27 bits per heavy atom. The Bertz CT molecular complexity index is 662. The van der Waals surface area contributed by atoms with E-state index >= 15 is 0 Å². The molecule has 0 saturated carbocycles. The van der Waals surface area contributed by atoms with Crippen molar-refractivity contribution in [1.29, 1.82) is 0 Å². The maximum atomic E-state index is 12.5. The lowest BCUT2D eigenvalue weighted by Gasteiger charge is -2.51. The van der Waals surface area contributed by atoms with Crippen molar-refractivity contribution < 1.29 is 34.2 Å². The quantitative estimate of drug-likeness (QED) is 0.0532. The molecule has 3 unspecified atom stereocenters. The number of hydrogen-bond acceptors (Lipinski definition) is 4. The number of aliphatic carboxylic acids is 3. The van der Waals surface area contributed by atoms with Gasteiger partial charge in [-0.3, -0.25) is 4.48 Å². The van der Waals surface area contributed by atoms with Crippen molar-refractivity contribution in [2.75, 3.05) is 6.54 Å². The number of allylic oxidation sites excluding steroid dienone is 1. The Morgan fingerprint density at radius 2 is 0.927 bits per heavy atom. The van der Waals surface area contributed by atoms with Crippen molar-refractivity contribution in [1.82, 2.24) is 0 Å². The van der Waals surface area contributed by atoms with Crippen LogP contribution < -0.4 is 5.11 Å². The molecule has 3 atom stereocenters. The molecular formula is C34H63NO6. The maximum Gasteiger partial charge on any atom is 0.362 e. The maximum absolute atomic E-state index is 12.5. The van der Waals surface area contributed by atoms with Crippen LogP contribution in [0, 0.1) is 0 Å². The van der Waals surface area contributed by atoms with Crippen LogP contribution >= 0.6 is 0 Å². The molecule has 2 N–H and O–H groups in total. The fourth-order valence-electron chi connectivity index (χ4n) is 6.38. The number of carbonyl (C=O) groups excluding carboxylic acids is 1. The van der Waals surface area contributed by atoms with Gasteiger partial charge in [-0.25, -0.2) is 9.59 Å². The molecule has 0 fully saturated rings. The molecule has 0 radical (unpaired) electrons. The summed E-state index contributed by atoms with van der Waals surface area (Å²) in [5, 5.41) is 32.9. The van der Waals surface area contributed by atoms with E-state index in [1.165, 1.54) is 77.0 Å². The summed E-state index contributed by atoms with van der Waals surface area (Å²) < 4.78 is -0.516. The molecule has 41 heavy (non-hydrogen) atoms. The minimum Gasteiger partial charge on any atom is -0.544 e. The SMILES string of the molecule is CCCCCCCCCCCCCCCC/C=C/C[N+](C(CCC)C(=O)[O-])(C(CCC)C(=O)O)C(CCC)C(=O)O. The first kappa shape index (κ1) is 39.1. The van der Waals surface area contributed by atoms with Gasteiger partial charge in [-0.15, -0.1) is 0 Å². The number of carboxylic acid groups (broad SMARTS) is 3. The van der Waals surface area contributed by atoms with E-state index in [-0.39, 0.29) is 25.8 Å². The third-order valence-corrected chi connectivity index (χ3v) is 8.58. The monoisotopic (exact) mass is 581 g/mol. The van der Waals surface area contributed by atoms with Crippen molar-refractivity contribution >= 4 is 17.9 Å². The van der Waals surface area contributed by atoms with Gasteiger partial charge in [0.1, 0.15) is 6.04 Å². The van der Waals surface area contributed by atoms with E-state index in [0.717, 1.165) is 19.3 Å². The fourth-order valence-corrected chi connectivity index (χ4v) is 6.38. The van der Waals surface area contributed by atoms with E-state index in [0.29, 0.717) is 19.3 Å². The van der Waals surface area contributed by atoms with Crippen LogP contribution in [0.25, 0.3) is 0 Å². The normalized spacial score (nSPS) is 15.4. The summed E-state index contributed by atoms with van der Waals surface area (Å²) in [6.07, 6.45) is 24.9. The number of carboxylic acids is 3. The summed E-state index contributed by atoms with van der Waals surface area (Å²) in [5.74, 6) is -3.65. The summed E-state index contributed by atoms with van der Waals surface area (Å²) in [6, 6.07) is -3.47. The highest BCUT2D eigenvalue weighted by Crippen LogP contribution is 2.33. The summed E-state index contributed by atoms with van der Waals surface area (Å²) in [6.45, 7) is 7.84. The number of quaternary nitrogens is 1. The highest BCUT2D eigenvalue weighted by atomic mass is 16.4. The van der Waals surface area contributed by atoms with Gasteiger partial charge in [0, 0.05) is 19.3 Å². The third kappa shape index (κ3) is 15.2. The first-order valence-electron chi connectivity index (χ1n) is 16.9. The Balaban J connectivity index is 5.10. The summed E-state index contributed by atoms with van der Waals surface area (Å²) in [5.41, 5.74) is 0. The van der Waals surface area contributed by atoms with Gasteiger partial charge < -0.3 is 20.1 Å². The van der Waals surface area contributed by atoms with Crippen LogP contribution in [-0.2, 0) is 14.4 Å². The van der Waals surface area contributed by atoms with Gasteiger partial charge in [0.15, 0.2) is 12.1 Å².